The highest BCUT2D eigenvalue weighted by Gasteiger charge is 2.35. The second-order valence-electron chi connectivity index (χ2n) is 11.6. The molecule has 38 heavy (non-hydrogen) atoms. The fraction of sp³-hybridized carbons (Fsp3) is 0.533. The first kappa shape index (κ1) is 26.6. The molecule has 5 rings (SSSR count). The van der Waals surface area contributed by atoms with Gasteiger partial charge in [0, 0.05) is 13.1 Å². The van der Waals surface area contributed by atoms with E-state index >= 15 is 0 Å². The molecule has 0 spiro atoms. The minimum absolute atomic E-state index is 0.129. The number of hydrogen-bond donors (Lipinski definition) is 1. The molecule has 2 aromatic carbocycles. The number of primary amides is 1. The zero-order valence-corrected chi connectivity index (χ0v) is 22.1. The Balaban J connectivity index is 1.17. The van der Waals surface area contributed by atoms with Gasteiger partial charge in [0.15, 0.2) is 11.6 Å². The molecule has 2 aliphatic heterocycles. The smallest absolute Gasteiger partial charge is 0.257 e. The van der Waals surface area contributed by atoms with Gasteiger partial charge in [-0.1, -0.05) is 25.5 Å². The van der Waals surface area contributed by atoms with Crippen LogP contribution in [0.4, 0.5) is 8.78 Å². The predicted octanol–water partition coefficient (Wildman–Crippen LogP) is 5.00. The molecule has 1 aliphatic carbocycles. The van der Waals surface area contributed by atoms with E-state index in [0.717, 1.165) is 25.9 Å². The summed E-state index contributed by atoms with van der Waals surface area (Å²) < 4.78 is 35.7. The van der Waals surface area contributed by atoms with Crippen LogP contribution >= 0.6 is 0 Å². The van der Waals surface area contributed by atoms with Crippen LogP contribution in [-0.4, -0.2) is 60.4 Å². The Hall–Kier alpha value is -3.00. The lowest BCUT2D eigenvalue weighted by atomic mass is 9.70. The van der Waals surface area contributed by atoms with E-state index in [1.165, 1.54) is 48.9 Å². The van der Waals surface area contributed by atoms with Crippen molar-refractivity contribution in [3.8, 4) is 16.9 Å². The number of likely N-dealkylation sites (tertiary alicyclic amines) is 2. The summed E-state index contributed by atoms with van der Waals surface area (Å²) in [6.45, 7) is 6.54. The topological polar surface area (TPSA) is 75.9 Å². The van der Waals surface area contributed by atoms with Crippen LogP contribution in [0.3, 0.4) is 0 Å². The molecule has 3 aliphatic rings. The number of piperidine rings is 1. The van der Waals surface area contributed by atoms with Gasteiger partial charge < -0.3 is 20.3 Å². The van der Waals surface area contributed by atoms with Gasteiger partial charge in [-0.3, -0.25) is 9.59 Å². The van der Waals surface area contributed by atoms with Gasteiger partial charge in [0.1, 0.15) is 11.9 Å². The quantitative estimate of drug-likeness (QED) is 0.526. The fourth-order valence-electron chi connectivity index (χ4n) is 6.12. The zero-order valence-electron chi connectivity index (χ0n) is 22.1. The average molecular weight is 526 g/mol. The molecule has 1 atom stereocenters. The number of rotatable bonds is 8. The van der Waals surface area contributed by atoms with Crippen LogP contribution < -0.4 is 10.5 Å². The summed E-state index contributed by atoms with van der Waals surface area (Å²) >= 11 is 0. The largest absolute Gasteiger partial charge is 0.490 e. The SMILES string of the molecule is CC1(CN2CCC(COc3ccc(-c4ccc(C(=O)N5CCC[C@H]5C(N)=O)c(F)c4)cc3F)CC2)CCC1. The first-order chi connectivity index (χ1) is 18.2. The Labute approximate surface area is 223 Å². The number of amides is 2. The number of halogens is 2. The summed E-state index contributed by atoms with van der Waals surface area (Å²) in [4.78, 5) is 28.3. The molecule has 2 saturated heterocycles. The lowest BCUT2D eigenvalue weighted by Crippen LogP contribution is -2.44. The number of benzene rings is 2. The van der Waals surface area contributed by atoms with Crippen molar-refractivity contribution in [3.63, 3.8) is 0 Å². The van der Waals surface area contributed by atoms with Crippen LogP contribution in [0, 0.1) is 23.0 Å². The van der Waals surface area contributed by atoms with Gasteiger partial charge in [0.05, 0.1) is 12.2 Å². The van der Waals surface area contributed by atoms with Gasteiger partial charge in [-0.05, 0) is 98.3 Å². The molecule has 2 aromatic rings. The molecule has 204 valence electrons. The zero-order chi connectivity index (χ0) is 26.9. The van der Waals surface area contributed by atoms with Crippen LogP contribution in [0.25, 0.3) is 11.1 Å². The van der Waals surface area contributed by atoms with E-state index in [1.54, 1.807) is 18.2 Å². The molecule has 0 radical (unpaired) electrons. The van der Waals surface area contributed by atoms with Crippen LogP contribution in [0.15, 0.2) is 36.4 Å². The molecule has 2 heterocycles. The van der Waals surface area contributed by atoms with Gasteiger partial charge in [0.25, 0.3) is 5.91 Å². The van der Waals surface area contributed by atoms with Gasteiger partial charge in [-0.2, -0.15) is 0 Å². The summed E-state index contributed by atoms with van der Waals surface area (Å²) in [5, 5.41) is 0. The first-order valence-electron chi connectivity index (χ1n) is 13.8. The summed E-state index contributed by atoms with van der Waals surface area (Å²) in [5.41, 5.74) is 6.69. The van der Waals surface area contributed by atoms with Crippen molar-refractivity contribution in [2.45, 2.75) is 57.9 Å². The number of carbonyl (C=O) groups excluding carboxylic acids is 2. The molecule has 2 N–H and O–H groups in total. The highest BCUT2D eigenvalue weighted by molar-refractivity contribution is 5.98. The number of carbonyl (C=O) groups is 2. The van der Waals surface area contributed by atoms with Crippen molar-refractivity contribution in [3.05, 3.63) is 53.6 Å². The van der Waals surface area contributed by atoms with Crippen molar-refractivity contribution in [1.29, 1.82) is 0 Å². The van der Waals surface area contributed by atoms with Gasteiger partial charge >= 0.3 is 0 Å². The van der Waals surface area contributed by atoms with Crippen LogP contribution in [0.1, 0.15) is 62.2 Å². The highest BCUT2D eigenvalue weighted by atomic mass is 19.1. The summed E-state index contributed by atoms with van der Waals surface area (Å²) in [6, 6.07) is 8.07. The lowest BCUT2D eigenvalue weighted by molar-refractivity contribution is -0.121. The molecule has 2 amide bonds. The summed E-state index contributed by atoms with van der Waals surface area (Å²) in [5.74, 6) is -1.77. The second kappa shape index (κ2) is 11.0. The standard InChI is InChI=1S/C30H37F2N3O3/c1-30(11-3-12-30)19-34-14-9-20(10-15-34)18-38-27-8-6-22(17-25(27)32)21-5-7-23(24(31)16-21)29(37)35-13-2-4-26(35)28(33)36/h5-8,16-17,20,26H,2-4,9-15,18-19H2,1H3,(H2,33,36)/t26-/m0/s1. The van der Waals surface area contributed by atoms with Crippen molar-refractivity contribution >= 4 is 11.8 Å². The lowest BCUT2D eigenvalue weighted by Gasteiger charge is -2.44. The number of nitrogens with zero attached hydrogens (tertiary/aromatic N) is 2. The number of nitrogens with two attached hydrogens (primary N) is 1. The van der Waals surface area contributed by atoms with E-state index in [9.17, 15) is 18.4 Å². The van der Waals surface area contributed by atoms with Crippen molar-refractivity contribution in [2.75, 3.05) is 32.8 Å². The Bertz CT molecular complexity index is 1190. The third-order valence-electron chi connectivity index (χ3n) is 8.65. The molecular weight excluding hydrogens is 488 g/mol. The van der Waals surface area contributed by atoms with Gasteiger partial charge in [0.2, 0.25) is 5.91 Å². The second-order valence-corrected chi connectivity index (χ2v) is 11.6. The van der Waals surface area contributed by atoms with Crippen LogP contribution in [0.5, 0.6) is 5.75 Å². The van der Waals surface area contributed by atoms with Crippen molar-refractivity contribution in [1.82, 2.24) is 9.80 Å². The Morgan fingerprint density at radius 2 is 1.66 bits per heavy atom. The van der Waals surface area contributed by atoms with E-state index in [2.05, 4.69) is 11.8 Å². The highest BCUT2D eigenvalue weighted by Crippen LogP contribution is 2.41. The van der Waals surface area contributed by atoms with Gasteiger partial charge in [-0.15, -0.1) is 0 Å². The first-order valence-corrected chi connectivity index (χ1v) is 13.8. The molecule has 3 fully saturated rings. The molecular formula is C30H37F2N3O3. The molecule has 8 heteroatoms. The molecule has 0 unspecified atom stereocenters. The molecule has 1 saturated carbocycles. The van der Waals surface area contributed by atoms with E-state index in [-0.39, 0.29) is 11.3 Å². The van der Waals surface area contributed by atoms with Gasteiger partial charge in [-0.25, -0.2) is 8.78 Å². The summed E-state index contributed by atoms with van der Waals surface area (Å²) in [6.07, 6.45) is 7.24. The number of ether oxygens (including phenoxy) is 1. The monoisotopic (exact) mass is 525 g/mol. The third-order valence-corrected chi connectivity index (χ3v) is 8.65. The van der Waals surface area contributed by atoms with E-state index < -0.39 is 29.5 Å². The maximum absolute atomic E-state index is 14.9. The normalized spacial score (nSPS) is 21.8. The van der Waals surface area contributed by atoms with E-state index in [4.69, 9.17) is 10.5 Å². The maximum atomic E-state index is 14.9. The molecule has 0 bridgehead atoms. The van der Waals surface area contributed by atoms with Crippen LogP contribution in [0.2, 0.25) is 0 Å². The maximum Gasteiger partial charge on any atom is 0.257 e. The van der Waals surface area contributed by atoms with E-state index in [0.29, 0.717) is 48.5 Å². The average Bonchev–Trinajstić information content (AvgIpc) is 3.38. The van der Waals surface area contributed by atoms with Crippen molar-refractivity contribution < 1.29 is 23.1 Å². The van der Waals surface area contributed by atoms with E-state index in [1.807, 2.05) is 0 Å². The Morgan fingerprint density at radius 1 is 0.974 bits per heavy atom. The van der Waals surface area contributed by atoms with Crippen LogP contribution in [-0.2, 0) is 4.79 Å². The summed E-state index contributed by atoms with van der Waals surface area (Å²) in [7, 11) is 0. The predicted molar refractivity (Wildman–Crippen MR) is 142 cm³/mol. The van der Waals surface area contributed by atoms with Crippen molar-refractivity contribution in [2.24, 2.45) is 17.1 Å². The fourth-order valence-corrected chi connectivity index (χ4v) is 6.12. The third kappa shape index (κ3) is 5.70. The minimum atomic E-state index is -0.721. The minimum Gasteiger partial charge on any atom is -0.490 e. The molecule has 0 aromatic heterocycles. The number of hydrogen-bond acceptors (Lipinski definition) is 4. The Kier molecular flexibility index (Phi) is 7.70. The molecule has 6 nitrogen and oxygen atoms in total. The Morgan fingerprint density at radius 3 is 2.26 bits per heavy atom.